The van der Waals surface area contributed by atoms with E-state index in [9.17, 15) is 8.42 Å². The minimum absolute atomic E-state index is 0.239. The Labute approximate surface area is 133 Å². The maximum absolute atomic E-state index is 12.1. The maximum Gasteiger partial charge on any atom is 0.233 e. The van der Waals surface area contributed by atoms with Crippen LogP contribution in [-0.4, -0.2) is 51.7 Å². The fraction of sp³-hybridized carbons (Fsp3) is 0.500. The quantitative estimate of drug-likeness (QED) is 0.865. The zero-order valence-electron chi connectivity index (χ0n) is 13.2. The van der Waals surface area contributed by atoms with Gasteiger partial charge < -0.3 is 4.74 Å². The molecule has 0 aliphatic carbocycles. The van der Waals surface area contributed by atoms with E-state index in [2.05, 4.69) is 9.62 Å². The Morgan fingerprint density at radius 3 is 2.50 bits per heavy atom. The monoisotopic (exact) mass is 324 g/mol. The van der Waals surface area contributed by atoms with Crippen molar-refractivity contribution < 1.29 is 13.2 Å². The molecule has 0 bridgehead atoms. The molecule has 0 saturated carbocycles. The normalized spacial score (nSPS) is 17.9. The lowest BCUT2D eigenvalue weighted by molar-refractivity contribution is -0.00801. The summed E-state index contributed by atoms with van der Waals surface area (Å²) >= 11 is 0. The standard InChI is InChI=1S/C16H24N2O3S/c1-16(2,18-9-11-21-12-10-18)14-17-22(19,20)13-8-15-6-4-3-5-7-15/h3-8,13,17H,9-12,14H2,1-2H3/b13-8+. The Bertz CT molecular complexity index is 591. The number of benzene rings is 1. The summed E-state index contributed by atoms with van der Waals surface area (Å²) in [6, 6.07) is 9.38. The molecule has 1 saturated heterocycles. The first-order valence-corrected chi connectivity index (χ1v) is 8.99. The molecule has 1 aliphatic rings. The van der Waals surface area contributed by atoms with Crippen LogP contribution in [0.3, 0.4) is 0 Å². The molecule has 1 aliphatic heterocycles. The highest BCUT2D eigenvalue weighted by Gasteiger charge is 2.29. The first-order chi connectivity index (χ1) is 10.4. The average molecular weight is 324 g/mol. The Kier molecular flexibility index (Phi) is 5.74. The molecule has 0 atom stereocenters. The first-order valence-electron chi connectivity index (χ1n) is 7.45. The van der Waals surface area contributed by atoms with E-state index in [1.165, 1.54) is 5.41 Å². The summed E-state index contributed by atoms with van der Waals surface area (Å²) in [5.41, 5.74) is 0.623. The van der Waals surface area contributed by atoms with Gasteiger partial charge >= 0.3 is 0 Å². The summed E-state index contributed by atoms with van der Waals surface area (Å²) in [6.45, 7) is 7.51. The lowest BCUT2D eigenvalue weighted by Gasteiger charge is -2.40. The fourth-order valence-electron chi connectivity index (χ4n) is 2.34. The van der Waals surface area contributed by atoms with Gasteiger partial charge in [0, 0.05) is 30.6 Å². The van der Waals surface area contributed by atoms with Gasteiger partial charge in [-0.2, -0.15) is 0 Å². The number of morpholine rings is 1. The molecule has 6 heteroatoms. The molecular weight excluding hydrogens is 300 g/mol. The summed E-state index contributed by atoms with van der Waals surface area (Å²) < 4.78 is 32.2. The lowest BCUT2D eigenvalue weighted by atomic mass is 10.0. The van der Waals surface area contributed by atoms with Crippen LogP contribution in [0.1, 0.15) is 19.4 Å². The Hall–Kier alpha value is -1.21. The highest BCUT2D eigenvalue weighted by molar-refractivity contribution is 7.92. The first kappa shape index (κ1) is 17.1. The van der Waals surface area contributed by atoms with Crippen molar-refractivity contribution in [3.05, 3.63) is 41.3 Å². The zero-order chi connectivity index (χ0) is 16.1. The molecule has 122 valence electrons. The number of hydrogen-bond acceptors (Lipinski definition) is 4. The van der Waals surface area contributed by atoms with Crippen molar-refractivity contribution in [2.24, 2.45) is 0 Å². The molecule has 0 unspecified atom stereocenters. The molecule has 22 heavy (non-hydrogen) atoms. The van der Waals surface area contributed by atoms with Crippen LogP contribution in [-0.2, 0) is 14.8 Å². The number of sulfonamides is 1. The van der Waals surface area contributed by atoms with Gasteiger partial charge in [-0.3, -0.25) is 4.90 Å². The van der Waals surface area contributed by atoms with Crippen LogP contribution in [0, 0.1) is 0 Å². The molecule has 1 N–H and O–H groups in total. The number of nitrogens with one attached hydrogen (secondary N) is 1. The van der Waals surface area contributed by atoms with Crippen LogP contribution >= 0.6 is 0 Å². The van der Waals surface area contributed by atoms with Gasteiger partial charge in [0.2, 0.25) is 10.0 Å². The van der Waals surface area contributed by atoms with Crippen LogP contribution in [0.2, 0.25) is 0 Å². The second-order valence-electron chi connectivity index (χ2n) is 5.99. The van der Waals surface area contributed by atoms with Crippen molar-refractivity contribution in [2.45, 2.75) is 19.4 Å². The predicted molar refractivity (Wildman–Crippen MR) is 88.9 cm³/mol. The molecule has 2 rings (SSSR count). The van der Waals surface area contributed by atoms with Crippen molar-refractivity contribution >= 4 is 16.1 Å². The van der Waals surface area contributed by atoms with E-state index in [-0.39, 0.29) is 5.54 Å². The minimum Gasteiger partial charge on any atom is -0.379 e. The minimum atomic E-state index is -3.44. The van der Waals surface area contributed by atoms with Gasteiger partial charge in [0.05, 0.1) is 13.2 Å². The zero-order valence-corrected chi connectivity index (χ0v) is 14.0. The summed E-state index contributed by atoms with van der Waals surface area (Å²) in [7, 11) is -3.44. The van der Waals surface area contributed by atoms with E-state index >= 15 is 0 Å². The predicted octanol–water partition coefficient (Wildman–Crippen LogP) is 1.69. The molecule has 5 nitrogen and oxygen atoms in total. The van der Waals surface area contributed by atoms with E-state index in [4.69, 9.17) is 4.74 Å². The smallest absolute Gasteiger partial charge is 0.233 e. The number of rotatable bonds is 6. The van der Waals surface area contributed by atoms with Gasteiger partial charge in [-0.25, -0.2) is 13.1 Å². The van der Waals surface area contributed by atoms with Gasteiger partial charge in [-0.1, -0.05) is 30.3 Å². The maximum atomic E-state index is 12.1. The Morgan fingerprint density at radius 2 is 1.86 bits per heavy atom. The van der Waals surface area contributed by atoms with Crippen molar-refractivity contribution in [2.75, 3.05) is 32.8 Å². The third-order valence-corrected chi connectivity index (χ3v) is 4.85. The second-order valence-corrected chi connectivity index (χ2v) is 7.64. The third-order valence-electron chi connectivity index (χ3n) is 3.81. The highest BCUT2D eigenvalue weighted by atomic mass is 32.2. The van der Waals surface area contributed by atoms with Gasteiger partial charge in [0.15, 0.2) is 0 Å². The lowest BCUT2D eigenvalue weighted by Crippen LogP contribution is -2.55. The summed E-state index contributed by atoms with van der Waals surface area (Å²) in [5, 5.41) is 1.22. The van der Waals surface area contributed by atoms with Crippen LogP contribution in [0.5, 0.6) is 0 Å². The SMILES string of the molecule is CC(C)(CNS(=O)(=O)/C=C/c1ccccc1)N1CCOCC1. The average Bonchev–Trinajstić information content (AvgIpc) is 2.53. The fourth-order valence-corrected chi connectivity index (χ4v) is 3.33. The van der Waals surface area contributed by atoms with E-state index < -0.39 is 10.0 Å². The second kappa shape index (κ2) is 7.37. The molecule has 0 radical (unpaired) electrons. The molecule has 0 amide bonds. The van der Waals surface area contributed by atoms with Crippen molar-refractivity contribution in [1.29, 1.82) is 0 Å². The number of hydrogen-bond donors (Lipinski definition) is 1. The van der Waals surface area contributed by atoms with Gasteiger partial charge in [-0.15, -0.1) is 0 Å². The summed E-state index contributed by atoms with van der Waals surface area (Å²) in [6.07, 6.45) is 1.60. The van der Waals surface area contributed by atoms with Crippen molar-refractivity contribution in [3.8, 4) is 0 Å². The molecule has 1 heterocycles. The van der Waals surface area contributed by atoms with E-state index in [1.54, 1.807) is 6.08 Å². The largest absolute Gasteiger partial charge is 0.379 e. The topological polar surface area (TPSA) is 58.6 Å². The molecule has 0 aromatic heterocycles. The van der Waals surface area contributed by atoms with Crippen LogP contribution < -0.4 is 4.72 Å². The molecule has 1 aromatic rings. The Balaban J connectivity index is 1.92. The molecule has 1 fully saturated rings. The molecule has 1 aromatic carbocycles. The van der Waals surface area contributed by atoms with Crippen molar-refractivity contribution in [3.63, 3.8) is 0 Å². The van der Waals surface area contributed by atoms with Crippen molar-refractivity contribution in [1.82, 2.24) is 9.62 Å². The van der Waals surface area contributed by atoms with Gasteiger partial charge in [0.1, 0.15) is 0 Å². The Morgan fingerprint density at radius 1 is 1.23 bits per heavy atom. The number of nitrogens with zero attached hydrogens (tertiary/aromatic N) is 1. The summed E-state index contributed by atoms with van der Waals surface area (Å²) in [4.78, 5) is 2.25. The molecule has 0 spiro atoms. The summed E-state index contributed by atoms with van der Waals surface area (Å²) in [5.74, 6) is 0. The van der Waals surface area contributed by atoms with E-state index in [1.807, 2.05) is 44.2 Å². The van der Waals surface area contributed by atoms with E-state index in [0.717, 1.165) is 18.7 Å². The van der Waals surface area contributed by atoms with Crippen LogP contribution in [0.4, 0.5) is 0 Å². The number of ether oxygens (including phenoxy) is 1. The van der Waals surface area contributed by atoms with Crippen LogP contribution in [0.15, 0.2) is 35.7 Å². The van der Waals surface area contributed by atoms with Gasteiger partial charge in [-0.05, 0) is 25.5 Å². The highest BCUT2D eigenvalue weighted by Crippen LogP contribution is 2.15. The van der Waals surface area contributed by atoms with Gasteiger partial charge in [0.25, 0.3) is 0 Å². The van der Waals surface area contributed by atoms with Crippen LogP contribution in [0.25, 0.3) is 6.08 Å². The molecular formula is C16H24N2O3S. The van der Waals surface area contributed by atoms with E-state index in [0.29, 0.717) is 19.8 Å². The third kappa shape index (κ3) is 5.21.